The molecule has 0 aliphatic heterocycles. The lowest BCUT2D eigenvalue weighted by molar-refractivity contribution is -0.118. The number of carbonyl (C=O) groups excluding carboxylic acids is 2. The Morgan fingerprint density at radius 3 is 2.50 bits per heavy atom. The highest BCUT2D eigenvalue weighted by Gasteiger charge is 2.16. The van der Waals surface area contributed by atoms with Crippen molar-refractivity contribution in [1.82, 2.24) is 0 Å². The first kappa shape index (κ1) is 17.5. The summed E-state index contributed by atoms with van der Waals surface area (Å²) >= 11 is 0. The van der Waals surface area contributed by atoms with Crippen LogP contribution in [0.3, 0.4) is 0 Å². The molecule has 0 saturated carbocycles. The average Bonchev–Trinajstić information content (AvgIpc) is 2.55. The molecule has 0 radical (unpaired) electrons. The monoisotopic (exact) mass is 327 g/mol. The number of aryl methyl sites for hydroxylation is 3. The van der Waals surface area contributed by atoms with Crippen molar-refractivity contribution < 1.29 is 19.1 Å². The van der Waals surface area contributed by atoms with E-state index in [1.165, 1.54) is 7.11 Å². The van der Waals surface area contributed by atoms with Crippen molar-refractivity contribution in [2.45, 2.75) is 20.8 Å². The maximum absolute atomic E-state index is 12.2. The minimum absolute atomic E-state index is 0.140. The van der Waals surface area contributed by atoms with E-state index in [4.69, 9.17) is 9.47 Å². The van der Waals surface area contributed by atoms with E-state index < -0.39 is 5.97 Å². The van der Waals surface area contributed by atoms with Gasteiger partial charge in [-0.1, -0.05) is 24.3 Å². The van der Waals surface area contributed by atoms with Gasteiger partial charge in [-0.3, -0.25) is 4.79 Å². The minimum atomic E-state index is -0.487. The highest BCUT2D eigenvalue weighted by molar-refractivity contribution is 6.02. The van der Waals surface area contributed by atoms with E-state index in [1.54, 1.807) is 25.1 Å². The highest BCUT2D eigenvalue weighted by Crippen LogP contribution is 2.21. The lowest BCUT2D eigenvalue weighted by Crippen LogP contribution is -2.22. The van der Waals surface area contributed by atoms with E-state index >= 15 is 0 Å². The summed E-state index contributed by atoms with van der Waals surface area (Å²) in [6.45, 7) is 5.53. The molecule has 0 saturated heterocycles. The van der Waals surface area contributed by atoms with Crippen LogP contribution in [0.2, 0.25) is 0 Å². The third kappa shape index (κ3) is 4.13. The SMILES string of the molecule is COC(=O)c1c(C)cccc1NC(=O)COc1cc(C)ccc1C. The molecule has 0 aliphatic rings. The van der Waals surface area contributed by atoms with Crippen LogP contribution in [-0.2, 0) is 9.53 Å². The van der Waals surface area contributed by atoms with Crippen LogP contribution in [0.5, 0.6) is 5.75 Å². The zero-order valence-corrected chi connectivity index (χ0v) is 14.3. The minimum Gasteiger partial charge on any atom is -0.483 e. The van der Waals surface area contributed by atoms with Crippen molar-refractivity contribution in [2.24, 2.45) is 0 Å². The van der Waals surface area contributed by atoms with E-state index in [0.29, 0.717) is 17.0 Å². The van der Waals surface area contributed by atoms with E-state index in [-0.39, 0.29) is 12.5 Å². The van der Waals surface area contributed by atoms with Crippen molar-refractivity contribution in [1.29, 1.82) is 0 Å². The first-order valence-electron chi connectivity index (χ1n) is 7.60. The second-order valence-corrected chi connectivity index (χ2v) is 5.59. The molecule has 1 amide bonds. The van der Waals surface area contributed by atoms with Crippen LogP contribution in [0.15, 0.2) is 36.4 Å². The van der Waals surface area contributed by atoms with Crippen LogP contribution in [0.25, 0.3) is 0 Å². The molecule has 0 aromatic heterocycles. The Balaban J connectivity index is 2.09. The standard InChI is InChI=1S/C19H21NO4/c1-12-8-9-13(2)16(10-12)24-11-17(21)20-15-7-5-6-14(3)18(15)19(22)23-4/h5-10H,11H2,1-4H3,(H,20,21). The summed E-state index contributed by atoms with van der Waals surface area (Å²) < 4.78 is 10.4. The largest absolute Gasteiger partial charge is 0.483 e. The summed E-state index contributed by atoms with van der Waals surface area (Å²) in [6, 6.07) is 11.0. The second-order valence-electron chi connectivity index (χ2n) is 5.59. The van der Waals surface area contributed by atoms with Gasteiger partial charge in [0.05, 0.1) is 18.4 Å². The number of amides is 1. The molecular formula is C19H21NO4. The Labute approximate surface area is 141 Å². The Morgan fingerprint density at radius 2 is 1.79 bits per heavy atom. The smallest absolute Gasteiger partial charge is 0.340 e. The Kier molecular flexibility index (Phi) is 5.58. The maximum atomic E-state index is 12.2. The Morgan fingerprint density at radius 1 is 1.04 bits per heavy atom. The molecule has 1 N–H and O–H groups in total. The zero-order chi connectivity index (χ0) is 17.7. The van der Waals surface area contributed by atoms with Gasteiger partial charge in [0.2, 0.25) is 0 Å². The number of hydrogen-bond donors (Lipinski definition) is 1. The van der Waals surface area contributed by atoms with Gasteiger partial charge in [0.15, 0.2) is 6.61 Å². The van der Waals surface area contributed by atoms with Crippen molar-refractivity contribution in [3.8, 4) is 5.75 Å². The molecule has 2 aromatic rings. The van der Waals surface area contributed by atoms with Gasteiger partial charge in [0, 0.05) is 0 Å². The quantitative estimate of drug-likeness (QED) is 0.855. The van der Waals surface area contributed by atoms with Crippen LogP contribution in [0.4, 0.5) is 5.69 Å². The molecule has 0 fully saturated rings. The van der Waals surface area contributed by atoms with Crippen LogP contribution in [-0.4, -0.2) is 25.6 Å². The molecule has 0 spiro atoms. The fourth-order valence-electron chi connectivity index (χ4n) is 2.34. The second kappa shape index (κ2) is 7.64. The van der Waals surface area contributed by atoms with Gasteiger partial charge in [-0.15, -0.1) is 0 Å². The summed E-state index contributed by atoms with van der Waals surface area (Å²) in [5.74, 6) is -0.159. The van der Waals surface area contributed by atoms with E-state index in [1.807, 2.05) is 32.0 Å². The van der Waals surface area contributed by atoms with Gasteiger partial charge < -0.3 is 14.8 Å². The van der Waals surface area contributed by atoms with Crippen LogP contribution in [0.1, 0.15) is 27.0 Å². The number of esters is 1. The maximum Gasteiger partial charge on any atom is 0.340 e. The fraction of sp³-hybridized carbons (Fsp3) is 0.263. The molecule has 24 heavy (non-hydrogen) atoms. The first-order valence-corrected chi connectivity index (χ1v) is 7.60. The molecule has 0 bridgehead atoms. The van der Waals surface area contributed by atoms with Crippen LogP contribution < -0.4 is 10.1 Å². The Bertz CT molecular complexity index is 768. The number of anilines is 1. The molecule has 0 aliphatic carbocycles. The molecule has 5 heteroatoms. The topological polar surface area (TPSA) is 64.6 Å². The number of nitrogens with one attached hydrogen (secondary N) is 1. The van der Waals surface area contributed by atoms with Crippen LogP contribution in [0, 0.1) is 20.8 Å². The Hall–Kier alpha value is -2.82. The lowest BCUT2D eigenvalue weighted by Gasteiger charge is -2.13. The van der Waals surface area contributed by atoms with Gasteiger partial charge in [-0.05, 0) is 49.6 Å². The predicted octanol–water partition coefficient (Wildman–Crippen LogP) is 3.42. The van der Waals surface area contributed by atoms with Gasteiger partial charge in [-0.25, -0.2) is 4.79 Å². The molecule has 126 valence electrons. The third-order valence-corrected chi connectivity index (χ3v) is 3.64. The van der Waals surface area contributed by atoms with E-state index in [0.717, 1.165) is 16.7 Å². The lowest BCUT2D eigenvalue weighted by atomic mass is 10.1. The summed E-state index contributed by atoms with van der Waals surface area (Å²) in [5.41, 5.74) is 3.51. The summed E-state index contributed by atoms with van der Waals surface area (Å²) in [5, 5.41) is 2.71. The van der Waals surface area contributed by atoms with Crippen molar-refractivity contribution in [2.75, 3.05) is 19.0 Å². The normalized spacial score (nSPS) is 10.2. The number of carbonyl (C=O) groups is 2. The number of rotatable bonds is 5. The third-order valence-electron chi connectivity index (χ3n) is 3.64. The van der Waals surface area contributed by atoms with Crippen molar-refractivity contribution >= 4 is 17.6 Å². The van der Waals surface area contributed by atoms with Crippen molar-refractivity contribution in [3.63, 3.8) is 0 Å². The number of ether oxygens (including phenoxy) is 2. The molecule has 5 nitrogen and oxygen atoms in total. The van der Waals surface area contributed by atoms with Gasteiger partial charge in [0.25, 0.3) is 5.91 Å². The number of hydrogen-bond acceptors (Lipinski definition) is 4. The summed E-state index contributed by atoms with van der Waals surface area (Å²) in [7, 11) is 1.31. The van der Waals surface area contributed by atoms with Gasteiger partial charge in [0.1, 0.15) is 5.75 Å². The molecule has 0 heterocycles. The van der Waals surface area contributed by atoms with E-state index in [2.05, 4.69) is 5.32 Å². The fourth-order valence-corrected chi connectivity index (χ4v) is 2.34. The highest BCUT2D eigenvalue weighted by atomic mass is 16.5. The van der Waals surface area contributed by atoms with Crippen LogP contribution >= 0.6 is 0 Å². The molecule has 0 unspecified atom stereocenters. The van der Waals surface area contributed by atoms with E-state index in [9.17, 15) is 9.59 Å². The van der Waals surface area contributed by atoms with Gasteiger partial charge >= 0.3 is 5.97 Å². The molecule has 2 rings (SSSR count). The zero-order valence-electron chi connectivity index (χ0n) is 14.3. The average molecular weight is 327 g/mol. The molecular weight excluding hydrogens is 306 g/mol. The number of benzene rings is 2. The molecule has 2 aromatic carbocycles. The number of methoxy groups -OCH3 is 1. The molecule has 0 atom stereocenters. The summed E-state index contributed by atoms with van der Waals surface area (Å²) in [6.07, 6.45) is 0. The first-order chi connectivity index (χ1) is 11.4. The van der Waals surface area contributed by atoms with Gasteiger partial charge in [-0.2, -0.15) is 0 Å². The summed E-state index contributed by atoms with van der Waals surface area (Å²) in [4.78, 5) is 24.1. The van der Waals surface area contributed by atoms with Crippen molar-refractivity contribution in [3.05, 3.63) is 58.7 Å². The predicted molar refractivity (Wildman–Crippen MR) is 92.6 cm³/mol.